The first-order valence-electron chi connectivity index (χ1n) is 6.35. The van der Waals surface area contributed by atoms with Crippen molar-refractivity contribution in [2.45, 2.75) is 6.42 Å². The van der Waals surface area contributed by atoms with Gasteiger partial charge in [0, 0.05) is 30.6 Å². The Morgan fingerprint density at radius 3 is 2.73 bits per heavy atom. The minimum Gasteiger partial charge on any atom is -0.507 e. The number of rotatable bonds is 4. The van der Waals surface area contributed by atoms with E-state index < -0.39 is 27.9 Å². The summed E-state index contributed by atoms with van der Waals surface area (Å²) in [6, 6.07) is 3.93. The number of esters is 1. The fraction of sp³-hybridized carbons (Fsp3) is 0.385. The van der Waals surface area contributed by atoms with Crippen LogP contribution >= 0.6 is 0 Å². The van der Waals surface area contributed by atoms with Gasteiger partial charge in [-0.2, -0.15) is 8.42 Å². The first kappa shape index (κ1) is 16.2. The number of methoxy groups -OCH3 is 1. The normalized spacial score (nSPS) is 18.5. The van der Waals surface area contributed by atoms with E-state index in [-0.39, 0.29) is 30.2 Å². The number of hydrogen-bond donors (Lipinski definition) is 1. The minimum absolute atomic E-state index is 0.0268. The Balaban J connectivity index is 2.20. The monoisotopic (exact) mass is 331 g/mol. The lowest BCUT2D eigenvalue weighted by atomic mass is 10.1. The molecule has 1 heterocycles. The largest absolute Gasteiger partial charge is 0.507 e. The Labute approximate surface area is 126 Å². The van der Waals surface area contributed by atoms with Crippen molar-refractivity contribution in [2.24, 2.45) is 5.92 Å². The molecule has 7 nitrogen and oxygen atoms in total. The highest BCUT2D eigenvalue weighted by Gasteiger charge is 2.34. The summed E-state index contributed by atoms with van der Waals surface area (Å²) in [6.07, 6.45) is -0.0946. The smallest absolute Gasteiger partial charge is 0.341 e. The number of carbonyl (C=O) groups excluding carboxylic acids is 2. The number of phenols is 1. The molecule has 2 rings (SSSR count). The molecular formula is C13H14FNO6S. The SMILES string of the molecule is COC(=O)c1ccc(N2CC(CS(=O)(=O)F)CC2=O)cc1O. The maximum absolute atomic E-state index is 12.7. The molecular weight excluding hydrogens is 317 g/mol. The molecule has 0 aliphatic carbocycles. The summed E-state index contributed by atoms with van der Waals surface area (Å²) >= 11 is 0. The zero-order valence-corrected chi connectivity index (χ0v) is 12.5. The molecule has 1 atom stereocenters. The summed E-state index contributed by atoms with van der Waals surface area (Å²) in [5.41, 5.74) is 0.245. The number of carbonyl (C=O) groups is 2. The van der Waals surface area contributed by atoms with Crippen LogP contribution in [0.5, 0.6) is 5.75 Å². The van der Waals surface area contributed by atoms with Crippen LogP contribution in [0.3, 0.4) is 0 Å². The van der Waals surface area contributed by atoms with Crippen molar-refractivity contribution in [1.29, 1.82) is 0 Å². The molecule has 1 aromatic rings. The molecule has 9 heteroatoms. The Morgan fingerprint density at radius 2 is 2.18 bits per heavy atom. The summed E-state index contributed by atoms with van der Waals surface area (Å²) in [5.74, 6) is -2.83. The zero-order valence-electron chi connectivity index (χ0n) is 11.7. The quantitative estimate of drug-likeness (QED) is 0.648. The van der Waals surface area contributed by atoms with E-state index in [2.05, 4.69) is 4.74 Å². The Hall–Kier alpha value is -2.16. The van der Waals surface area contributed by atoms with Crippen LogP contribution in [0.25, 0.3) is 0 Å². The number of benzene rings is 1. The Kier molecular flexibility index (Phi) is 4.36. The number of phenolic OH excluding ortho intramolecular Hbond substituents is 1. The van der Waals surface area contributed by atoms with Crippen molar-refractivity contribution in [3.8, 4) is 5.75 Å². The number of ether oxygens (including phenoxy) is 1. The van der Waals surface area contributed by atoms with E-state index in [1.165, 1.54) is 30.2 Å². The molecule has 1 aliphatic rings. The highest BCUT2D eigenvalue weighted by atomic mass is 32.3. The van der Waals surface area contributed by atoms with Gasteiger partial charge in [0.25, 0.3) is 0 Å². The van der Waals surface area contributed by atoms with Crippen LogP contribution < -0.4 is 4.90 Å². The van der Waals surface area contributed by atoms with Crippen LogP contribution in [0.2, 0.25) is 0 Å². The van der Waals surface area contributed by atoms with Gasteiger partial charge in [0.15, 0.2) is 0 Å². The number of aromatic hydroxyl groups is 1. The summed E-state index contributed by atoms with van der Waals surface area (Å²) in [5, 5.41) is 9.80. The molecule has 22 heavy (non-hydrogen) atoms. The molecule has 0 bridgehead atoms. The fourth-order valence-corrected chi connectivity index (χ4v) is 3.18. The summed E-state index contributed by atoms with van der Waals surface area (Å²) in [4.78, 5) is 24.5. The summed E-state index contributed by atoms with van der Waals surface area (Å²) in [6.45, 7) is 0.0268. The van der Waals surface area contributed by atoms with E-state index in [0.29, 0.717) is 5.69 Å². The van der Waals surface area contributed by atoms with E-state index in [1.54, 1.807) is 0 Å². The standard InChI is InChI=1S/C13H14FNO6S/c1-21-13(18)10-3-2-9(5-11(10)16)15-6-8(4-12(15)17)7-22(14,19)20/h2-3,5,8,16H,4,6-7H2,1H3. The molecule has 1 N–H and O–H groups in total. The number of anilines is 1. The predicted molar refractivity (Wildman–Crippen MR) is 74.8 cm³/mol. The van der Waals surface area contributed by atoms with Gasteiger partial charge in [0.05, 0.1) is 12.9 Å². The lowest BCUT2D eigenvalue weighted by Crippen LogP contribution is -2.25. The second kappa shape index (κ2) is 5.91. The lowest BCUT2D eigenvalue weighted by Gasteiger charge is -2.17. The molecule has 1 amide bonds. The highest BCUT2D eigenvalue weighted by molar-refractivity contribution is 7.86. The van der Waals surface area contributed by atoms with Crippen molar-refractivity contribution in [1.82, 2.24) is 0 Å². The van der Waals surface area contributed by atoms with Gasteiger partial charge in [0.1, 0.15) is 11.3 Å². The molecule has 0 saturated carbocycles. The van der Waals surface area contributed by atoms with Gasteiger partial charge in [0.2, 0.25) is 5.91 Å². The zero-order chi connectivity index (χ0) is 16.5. The van der Waals surface area contributed by atoms with Gasteiger partial charge in [-0.1, -0.05) is 0 Å². The van der Waals surface area contributed by atoms with Crippen LogP contribution in [0.4, 0.5) is 9.57 Å². The molecule has 120 valence electrons. The Morgan fingerprint density at radius 1 is 1.50 bits per heavy atom. The molecule has 0 aromatic heterocycles. The Bertz CT molecular complexity index is 717. The van der Waals surface area contributed by atoms with Gasteiger partial charge >= 0.3 is 16.2 Å². The second-order valence-electron chi connectivity index (χ2n) is 4.97. The maximum Gasteiger partial charge on any atom is 0.341 e. The van der Waals surface area contributed by atoms with Crippen LogP contribution in [0.15, 0.2) is 18.2 Å². The van der Waals surface area contributed by atoms with Gasteiger partial charge in [-0.3, -0.25) is 4.79 Å². The van der Waals surface area contributed by atoms with Gasteiger partial charge in [-0.15, -0.1) is 3.89 Å². The van der Waals surface area contributed by atoms with E-state index >= 15 is 0 Å². The number of halogens is 1. The van der Waals surface area contributed by atoms with E-state index in [0.717, 1.165) is 0 Å². The van der Waals surface area contributed by atoms with E-state index in [1.807, 2.05) is 0 Å². The molecule has 1 unspecified atom stereocenters. The third-order valence-electron chi connectivity index (χ3n) is 3.34. The number of hydrogen-bond acceptors (Lipinski definition) is 6. The van der Waals surface area contributed by atoms with Crippen LogP contribution in [0, 0.1) is 5.92 Å². The van der Waals surface area contributed by atoms with E-state index in [9.17, 15) is 27.0 Å². The fourth-order valence-electron chi connectivity index (χ4n) is 2.39. The van der Waals surface area contributed by atoms with Gasteiger partial charge in [-0.05, 0) is 12.1 Å². The molecule has 1 fully saturated rings. The average Bonchev–Trinajstić information content (AvgIpc) is 2.76. The predicted octanol–water partition coefficient (Wildman–Crippen LogP) is 0.831. The molecule has 1 aliphatic heterocycles. The van der Waals surface area contributed by atoms with E-state index in [4.69, 9.17) is 0 Å². The summed E-state index contributed by atoms with van der Waals surface area (Å²) in [7, 11) is -3.49. The molecule has 0 radical (unpaired) electrons. The van der Waals surface area contributed by atoms with Gasteiger partial charge in [-0.25, -0.2) is 4.79 Å². The van der Waals surface area contributed by atoms with Crippen LogP contribution in [-0.4, -0.2) is 44.8 Å². The third-order valence-corrected chi connectivity index (χ3v) is 4.21. The lowest BCUT2D eigenvalue weighted by molar-refractivity contribution is -0.117. The van der Waals surface area contributed by atoms with Crippen LogP contribution in [0.1, 0.15) is 16.8 Å². The summed E-state index contributed by atoms with van der Waals surface area (Å²) < 4.78 is 38.5. The molecule has 0 spiro atoms. The van der Waals surface area contributed by atoms with Crippen molar-refractivity contribution in [3.63, 3.8) is 0 Å². The number of amides is 1. The minimum atomic E-state index is -4.66. The molecule has 1 aromatic carbocycles. The maximum atomic E-state index is 12.7. The molecule has 1 saturated heterocycles. The van der Waals surface area contributed by atoms with Crippen molar-refractivity contribution in [3.05, 3.63) is 23.8 Å². The third kappa shape index (κ3) is 3.53. The first-order chi connectivity index (χ1) is 10.2. The van der Waals surface area contributed by atoms with Crippen molar-refractivity contribution < 1.29 is 31.7 Å². The number of nitrogens with zero attached hydrogens (tertiary/aromatic N) is 1. The van der Waals surface area contributed by atoms with Crippen molar-refractivity contribution in [2.75, 3.05) is 24.3 Å². The average molecular weight is 331 g/mol. The highest BCUT2D eigenvalue weighted by Crippen LogP contribution is 2.30. The van der Waals surface area contributed by atoms with Crippen LogP contribution in [-0.2, 0) is 19.8 Å². The van der Waals surface area contributed by atoms with Crippen molar-refractivity contribution >= 4 is 27.8 Å². The topological polar surface area (TPSA) is 101 Å². The first-order valence-corrected chi connectivity index (χ1v) is 7.90. The second-order valence-corrected chi connectivity index (χ2v) is 6.38. The van der Waals surface area contributed by atoms with Gasteiger partial charge < -0.3 is 14.7 Å².